The van der Waals surface area contributed by atoms with Crippen LogP contribution < -0.4 is 10.5 Å². The topological polar surface area (TPSA) is 70.3 Å². The van der Waals surface area contributed by atoms with Crippen LogP contribution in [0.25, 0.3) is 0 Å². The second-order valence-electron chi connectivity index (χ2n) is 4.77. The fourth-order valence-corrected chi connectivity index (χ4v) is 1.93. The molecule has 3 rings (SSSR count). The van der Waals surface area contributed by atoms with Gasteiger partial charge in [-0.3, -0.25) is 0 Å². The maximum Gasteiger partial charge on any atom is 0.222 e. The average Bonchev–Trinajstić information content (AvgIpc) is 3.04. The molecule has 1 saturated heterocycles. The minimum absolute atomic E-state index is 0.107. The number of hydrogen-bond acceptors (Lipinski definition) is 5. The van der Waals surface area contributed by atoms with E-state index in [0.717, 1.165) is 37.3 Å². The van der Waals surface area contributed by atoms with Gasteiger partial charge in [-0.2, -0.15) is 4.98 Å². The lowest BCUT2D eigenvalue weighted by Gasteiger charge is -2.14. The minimum Gasteiger partial charge on any atom is -0.471 e. The highest BCUT2D eigenvalue weighted by atomic mass is 16.5. The smallest absolute Gasteiger partial charge is 0.222 e. The lowest BCUT2D eigenvalue weighted by atomic mass is 10.3. The normalized spacial score (nSPS) is 23.9. The van der Waals surface area contributed by atoms with E-state index in [1.807, 2.05) is 6.92 Å². The van der Waals surface area contributed by atoms with Crippen molar-refractivity contribution in [1.82, 2.24) is 9.97 Å². The molecule has 5 nitrogen and oxygen atoms in total. The molecule has 2 fully saturated rings. The van der Waals surface area contributed by atoms with E-state index in [1.54, 1.807) is 0 Å². The van der Waals surface area contributed by atoms with Crippen molar-refractivity contribution in [3.8, 4) is 5.88 Å². The summed E-state index contributed by atoms with van der Waals surface area (Å²) in [6.45, 7) is 3.30. The van der Waals surface area contributed by atoms with Crippen LogP contribution in [0.15, 0.2) is 0 Å². The minimum atomic E-state index is 0.107. The van der Waals surface area contributed by atoms with Gasteiger partial charge in [0.15, 0.2) is 0 Å². The third-order valence-electron chi connectivity index (χ3n) is 3.26. The molecule has 5 heteroatoms. The van der Waals surface area contributed by atoms with Crippen LogP contribution in [0.2, 0.25) is 0 Å². The zero-order chi connectivity index (χ0) is 11.8. The number of rotatable bonds is 3. The first-order valence-electron chi connectivity index (χ1n) is 6.12. The molecule has 1 aliphatic heterocycles. The first-order valence-corrected chi connectivity index (χ1v) is 6.12. The van der Waals surface area contributed by atoms with Crippen LogP contribution in [0.5, 0.6) is 5.88 Å². The van der Waals surface area contributed by atoms with Crippen molar-refractivity contribution in [3.63, 3.8) is 0 Å². The number of nitrogens with two attached hydrogens (primary N) is 1. The van der Waals surface area contributed by atoms with Gasteiger partial charge >= 0.3 is 0 Å². The first-order chi connectivity index (χ1) is 8.24. The van der Waals surface area contributed by atoms with E-state index in [4.69, 9.17) is 15.2 Å². The summed E-state index contributed by atoms with van der Waals surface area (Å²) in [4.78, 5) is 8.82. The molecule has 0 spiro atoms. The predicted octanol–water partition coefficient (Wildman–Crippen LogP) is 1.41. The highest BCUT2D eigenvalue weighted by Crippen LogP contribution is 2.39. The Kier molecular flexibility index (Phi) is 2.63. The van der Waals surface area contributed by atoms with E-state index in [0.29, 0.717) is 24.2 Å². The second-order valence-corrected chi connectivity index (χ2v) is 4.77. The third-order valence-corrected chi connectivity index (χ3v) is 3.26. The molecule has 1 aromatic heterocycles. The Labute approximate surface area is 100 Å². The summed E-state index contributed by atoms with van der Waals surface area (Å²) in [6, 6.07) is 0. The van der Waals surface area contributed by atoms with Crippen molar-refractivity contribution in [1.29, 1.82) is 0 Å². The average molecular weight is 235 g/mol. The van der Waals surface area contributed by atoms with Crippen molar-refractivity contribution in [2.45, 2.75) is 38.2 Å². The van der Waals surface area contributed by atoms with Crippen LogP contribution in [-0.4, -0.2) is 29.3 Å². The quantitative estimate of drug-likeness (QED) is 0.857. The van der Waals surface area contributed by atoms with Crippen LogP contribution in [-0.2, 0) is 4.74 Å². The standard InChI is InChI=1S/C12H17N3O2/c1-7-10(13)14-11(8-2-3-8)15-12(7)17-9-4-5-16-6-9/h8-9H,2-6H2,1H3,(H2,13,14,15). The second kappa shape index (κ2) is 4.14. The van der Waals surface area contributed by atoms with E-state index in [1.165, 1.54) is 0 Å². The Bertz CT molecular complexity index is 426. The fourth-order valence-electron chi connectivity index (χ4n) is 1.93. The van der Waals surface area contributed by atoms with Gasteiger partial charge in [-0.05, 0) is 19.8 Å². The lowest BCUT2D eigenvalue weighted by Crippen LogP contribution is -2.18. The molecule has 0 radical (unpaired) electrons. The molecule has 2 heterocycles. The fraction of sp³-hybridized carbons (Fsp3) is 0.667. The van der Waals surface area contributed by atoms with Crippen LogP contribution in [0.3, 0.4) is 0 Å². The first kappa shape index (κ1) is 10.8. The molecule has 92 valence electrons. The molecule has 0 amide bonds. The number of aromatic nitrogens is 2. The summed E-state index contributed by atoms with van der Waals surface area (Å²) < 4.78 is 11.1. The van der Waals surface area contributed by atoms with E-state index in [-0.39, 0.29) is 6.10 Å². The van der Waals surface area contributed by atoms with Gasteiger partial charge < -0.3 is 15.2 Å². The number of nitrogen functional groups attached to an aromatic ring is 1. The summed E-state index contributed by atoms with van der Waals surface area (Å²) >= 11 is 0. The van der Waals surface area contributed by atoms with Gasteiger partial charge in [0.25, 0.3) is 0 Å². The van der Waals surface area contributed by atoms with Gasteiger partial charge in [0.1, 0.15) is 17.7 Å². The molecule has 17 heavy (non-hydrogen) atoms. The van der Waals surface area contributed by atoms with Crippen LogP contribution in [0.4, 0.5) is 5.82 Å². The molecule has 1 aromatic rings. The number of ether oxygens (including phenoxy) is 2. The van der Waals surface area contributed by atoms with Crippen molar-refractivity contribution in [3.05, 3.63) is 11.4 Å². The molecule has 1 saturated carbocycles. The van der Waals surface area contributed by atoms with Crippen LogP contribution in [0.1, 0.15) is 36.6 Å². The molecular weight excluding hydrogens is 218 g/mol. The number of anilines is 1. The van der Waals surface area contributed by atoms with E-state index < -0.39 is 0 Å². The maximum absolute atomic E-state index is 5.90. The zero-order valence-electron chi connectivity index (χ0n) is 9.98. The molecular formula is C12H17N3O2. The van der Waals surface area contributed by atoms with Gasteiger partial charge in [-0.15, -0.1) is 0 Å². The summed E-state index contributed by atoms with van der Waals surface area (Å²) in [5, 5.41) is 0. The third kappa shape index (κ3) is 2.20. The Morgan fingerprint density at radius 3 is 2.76 bits per heavy atom. The van der Waals surface area contributed by atoms with Crippen molar-refractivity contribution in [2.24, 2.45) is 0 Å². The predicted molar refractivity (Wildman–Crippen MR) is 63.0 cm³/mol. The van der Waals surface area contributed by atoms with Gasteiger partial charge in [0.05, 0.1) is 18.8 Å². The maximum atomic E-state index is 5.90. The van der Waals surface area contributed by atoms with Crippen molar-refractivity contribution in [2.75, 3.05) is 18.9 Å². The highest BCUT2D eigenvalue weighted by molar-refractivity contribution is 5.45. The highest BCUT2D eigenvalue weighted by Gasteiger charge is 2.29. The van der Waals surface area contributed by atoms with E-state index >= 15 is 0 Å². The monoisotopic (exact) mass is 235 g/mol. The Hall–Kier alpha value is -1.36. The van der Waals surface area contributed by atoms with Gasteiger partial charge in [-0.1, -0.05) is 0 Å². The molecule has 0 aromatic carbocycles. The largest absolute Gasteiger partial charge is 0.471 e. The zero-order valence-corrected chi connectivity index (χ0v) is 9.98. The number of nitrogens with zero attached hydrogens (tertiary/aromatic N) is 2. The molecule has 2 N–H and O–H groups in total. The molecule has 1 aliphatic carbocycles. The Balaban J connectivity index is 1.85. The summed E-state index contributed by atoms with van der Waals surface area (Å²) in [6.07, 6.45) is 3.35. The van der Waals surface area contributed by atoms with E-state index in [9.17, 15) is 0 Å². The van der Waals surface area contributed by atoms with Gasteiger partial charge in [0, 0.05) is 12.3 Å². The SMILES string of the molecule is Cc1c(N)nc(C2CC2)nc1OC1CCOC1. The lowest BCUT2D eigenvalue weighted by molar-refractivity contribution is 0.137. The summed E-state index contributed by atoms with van der Waals surface area (Å²) in [5.74, 6) is 2.49. The van der Waals surface area contributed by atoms with Gasteiger partial charge in [-0.25, -0.2) is 4.98 Å². The van der Waals surface area contributed by atoms with Crippen molar-refractivity contribution < 1.29 is 9.47 Å². The number of hydrogen-bond donors (Lipinski definition) is 1. The van der Waals surface area contributed by atoms with Crippen molar-refractivity contribution >= 4 is 5.82 Å². The van der Waals surface area contributed by atoms with Gasteiger partial charge in [0.2, 0.25) is 5.88 Å². The molecule has 2 aliphatic rings. The molecule has 0 bridgehead atoms. The molecule has 1 atom stereocenters. The Morgan fingerprint density at radius 2 is 2.12 bits per heavy atom. The Morgan fingerprint density at radius 1 is 1.29 bits per heavy atom. The van der Waals surface area contributed by atoms with Crippen LogP contribution >= 0.6 is 0 Å². The summed E-state index contributed by atoms with van der Waals surface area (Å²) in [7, 11) is 0. The molecule has 1 unspecified atom stereocenters. The van der Waals surface area contributed by atoms with Crippen LogP contribution in [0, 0.1) is 6.92 Å². The van der Waals surface area contributed by atoms with E-state index in [2.05, 4.69) is 9.97 Å². The summed E-state index contributed by atoms with van der Waals surface area (Å²) in [5.41, 5.74) is 6.73.